The molecule has 1 heterocycles. The zero-order valence-corrected chi connectivity index (χ0v) is 13.2. The molecule has 1 saturated heterocycles. The highest BCUT2D eigenvalue weighted by molar-refractivity contribution is 5.94. The molecule has 0 aromatic heterocycles. The molecule has 7 heteroatoms. The van der Waals surface area contributed by atoms with Gasteiger partial charge in [0.05, 0.1) is 0 Å². The molecule has 1 aromatic carbocycles. The summed E-state index contributed by atoms with van der Waals surface area (Å²) < 4.78 is 37.9. The Morgan fingerprint density at radius 1 is 1.38 bits per heavy atom. The highest BCUT2D eigenvalue weighted by Crippen LogP contribution is 2.20. The van der Waals surface area contributed by atoms with E-state index in [0.717, 1.165) is 12.0 Å². The van der Waals surface area contributed by atoms with E-state index < -0.39 is 18.6 Å². The van der Waals surface area contributed by atoms with Gasteiger partial charge in [0.1, 0.15) is 6.54 Å². The van der Waals surface area contributed by atoms with E-state index in [1.54, 1.807) is 23.1 Å². The van der Waals surface area contributed by atoms with Gasteiger partial charge in [-0.1, -0.05) is 18.2 Å². The third-order valence-electron chi connectivity index (χ3n) is 3.73. The van der Waals surface area contributed by atoms with Gasteiger partial charge in [-0.25, -0.2) is 0 Å². The van der Waals surface area contributed by atoms with Gasteiger partial charge in [-0.3, -0.25) is 9.59 Å². The summed E-state index contributed by atoms with van der Waals surface area (Å²) >= 11 is 0. The van der Waals surface area contributed by atoms with Gasteiger partial charge in [0.25, 0.3) is 5.91 Å². The van der Waals surface area contributed by atoms with E-state index in [9.17, 15) is 22.8 Å². The van der Waals surface area contributed by atoms with Crippen LogP contribution in [-0.2, 0) is 11.3 Å². The van der Waals surface area contributed by atoms with Crippen LogP contribution >= 0.6 is 0 Å². The summed E-state index contributed by atoms with van der Waals surface area (Å²) in [5.74, 6) is -0.654. The Labute approximate surface area is 138 Å². The Morgan fingerprint density at radius 3 is 2.71 bits per heavy atom. The van der Waals surface area contributed by atoms with Crippen LogP contribution in [0.2, 0.25) is 0 Å². The Morgan fingerprint density at radius 2 is 2.12 bits per heavy atom. The number of benzene rings is 1. The van der Waals surface area contributed by atoms with E-state index >= 15 is 0 Å². The summed E-state index contributed by atoms with van der Waals surface area (Å²) in [6.07, 6.45) is -1.90. The molecule has 0 radical (unpaired) electrons. The molecule has 2 amide bonds. The van der Waals surface area contributed by atoms with Crippen molar-refractivity contribution in [1.29, 1.82) is 0 Å². The number of carbonyl (C=O) groups excluding carboxylic acids is 2. The first-order valence-corrected chi connectivity index (χ1v) is 7.64. The molecular weight excluding hydrogens is 321 g/mol. The Hall–Kier alpha value is -2.31. The Kier molecular flexibility index (Phi) is 5.64. The van der Waals surface area contributed by atoms with Crippen molar-refractivity contribution in [3.63, 3.8) is 0 Å². The maximum absolute atomic E-state index is 12.6. The first-order valence-electron chi connectivity index (χ1n) is 7.64. The normalized spacial score (nSPS) is 14.8. The minimum absolute atomic E-state index is 0.0529. The maximum atomic E-state index is 12.6. The highest BCUT2D eigenvalue weighted by Gasteiger charge is 2.33. The van der Waals surface area contributed by atoms with Crippen LogP contribution in [0.5, 0.6) is 0 Å². The number of likely N-dealkylation sites (tertiary alicyclic amines) is 1. The molecule has 1 aliphatic heterocycles. The third kappa shape index (κ3) is 4.84. The van der Waals surface area contributed by atoms with Crippen LogP contribution in [0, 0.1) is 0 Å². The second-order valence-corrected chi connectivity index (χ2v) is 5.71. The zero-order valence-electron chi connectivity index (χ0n) is 13.2. The van der Waals surface area contributed by atoms with Crippen molar-refractivity contribution in [1.82, 2.24) is 9.80 Å². The van der Waals surface area contributed by atoms with E-state index in [1.807, 2.05) is 0 Å². The van der Waals surface area contributed by atoms with Crippen LogP contribution in [0.1, 0.15) is 28.8 Å². The predicted octanol–water partition coefficient (Wildman–Crippen LogP) is 3.00. The minimum Gasteiger partial charge on any atom is -0.338 e. The van der Waals surface area contributed by atoms with Gasteiger partial charge in [0.2, 0.25) is 5.91 Å². The van der Waals surface area contributed by atoms with Crippen molar-refractivity contribution in [2.75, 3.05) is 19.6 Å². The summed E-state index contributed by atoms with van der Waals surface area (Å²) in [7, 11) is 0. The van der Waals surface area contributed by atoms with Crippen LogP contribution in [-0.4, -0.2) is 47.4 Å². The van der Waals surface area contributed by atoms with E-state index in [-0.39, 0.29) is 18.0 Å². The lowest BCUT2D eigenvalue weighted by Gasteiger charge is -2.23. The van der Waals surface area contributed by atoms with Gasteiger partial charge in [-0.05, 0) is 24.1 Å². The van der Waals surface area contributed by atoms with E-state index in [4.69, 9.17) is 0 Å². The lowest BCUT2D eigenvalue weighted by Crippen LogP contribution is -2.39. The van der Waals surface area contributed by atoms with Gasteiger partial charge < -0.3 is 9.80 Å². The Balaban J connectivity index is 2.14. The standard InChI is InChI=1S/C17H19F3N2O2/c1-2-8-22(12-17(18,19)20)16(24)14-6-3-5-13(10-14)11-21-9-4-7-15(21)23/h2-3,5-6,10H,1,4,7-9,11-12H2. The van der Waals surface area contributed by atoms with Gasteiger partial charge in [-0.2, -0.15) is 13.2 Å². The van der Waals surface area contributed by atoms with Crippen LogP contribution in [0.4, 0.5) is 13.2 Å². The molecule has 0 bridgehead atoms. The quantitative estimate of drug-likeness (QED) is 0.747. The average molecular weight is 340 g/mol. The smallest absolute Gasteiger partial charge is 0.338 e. The van der Waals surface area contributed by atoms with Crippen LogP contribution in [0.3, 0.4) is 0 Å². The second kappa shape index (κ2) is 7.51. The summed E-state index contributed by atoms with van der Waals surface area (Å²) in [6.45, 7) is 2.90. The topological polar surface area (TPSA) is 40.6 Å². The second-order valence-electron chi connectivity index (χ2n) is 5.71. The number of alkyl halides is 3. The number of halogens is 3. The molecule has 0 atom stereocenters. The summed E-state index contributed by atoms with van der Waals surface area (Å²) in [4.78, 5) is 26.4. The fourth-order valence-electron chi connectivity index (χ4n) is 2.67. The maximum Gasteiger partial charge on any atom is 0.406 e. The van der Waals surface area contributed by atoms with Gasteiger partial charge in [-0.15, -0.1) is 6.58 Å². The summed E-state index contributed by atoms with van der Waals surface area (Å²) in [5, 5.41) is 0. The monoisotopic (exact) mass is 340 g/mol. The largest absolute Gasteiger partial charge is 0.406 e. The first-order chi connectivity index (χ1) is 11.3. The van der Waals surface area contributed by atoms with Crippen molar-refractivity contribution < 1.29 is 22.8 Å². The van der Waals surface area contributed by atoms with E-state index in [1.165, 1.54) is 12.1 Å². The average Bonchev–Trinajstić information content (AvgIpc) is 2.90. The first kappa shape index (κ1) is 18.0. The molecule has 24 heavy (non-hydrogen) atoms. The molecule has 130 valence electrons. The summed E-state index contributed by atoms with van der Waals surface area (Å²) in [6, 6.07) is 6.39. The molecular formula is C17H19F3N2O2. The fraction of sp³-hybridized carbons (Fsp3) is 0.412. The van der Waals surface area contributed by atoms with Crippen LogP contribution < -0.4 is 0 Å². The van der Waals surface area contributed by atoms with Gasteiger partial charge in [0.15, 0.2) is 0 Å². The number of rotatable bonds is 6. The third-order valence-corrected chi connectivity index (χ3v) is 3.73. The van der Waals surface area contributed by atoms with E-state index in [2.05, 4.69) is 6.58 Å². The number of nitrogens with zero attached hydrogens (tertiary/aromatic N) is 2. The van der Waals surface area contributed by atoms with Crippen molar-refractivity contribution in [3.05, 3.63) is 48.0 Å². The molecule has 0 unspecified atom stereocenters. The molecule has 1 aliphatic rings. The van der Waals surface area contributed by atoms with Crippen LogP contribution in [0.25, 0.3) is 0 Å². The van der Waals surface area contributed by atoms with Crippen LogP contribution in [0.15, 0.2) is 36.9 Å². The molecule has 2 rings (SSSR count). The minimum atomic E-state index is -4.47. The highest BCUT2D eigenvalue weighted by atomic mass is 19.4. The molecule has 4 nitrogen and oxygen atoms in total. The lowest BCUT2D eigenvalue weighted by atomic mass is 10.1. The van der Waals surface area contributed by atoms with Gasteiger partial charge >= 0.3 is 6.18 Å². The number of carbonyl (C=O) groups is 2. The van der Waals surface area contributed by atoms with Gasteiger partial charge in [0, 0.05) is 31.6 Å². The van der Waals surface area contributed by atoms with Crippen molar-refractivity contribution in [2.45, 2.75) is 25.6 Å². The van der Waals surface area contributed by atoms with Crippen molar-refractivity contribution >= 4 is 11.8 Å². The number of hydrogen-bond donors (Lipinski definition) is 0. The molecule has 1 aromatic rings. The van der Waals surface area contributed by atoms with Crippen molar-refractivity contribution in [3.8, 4) is 0 Å². The lowest BCUT2D eigenvalue weighted by molar-refractivity contribution is -0.139. The van der Waals surface area contributed by atoms with E-state index in [0.29, 0.717) is 24.4 Å². The molecule has 0 N–H and O–H groups in total. The fourth-order valence-corrected chi connectivity index (χ4v) is 2.67. The summed E-state index contributed by atoms with van der Waals surface area (Å²) in [5.41, 5.74) is 0.895. The number of hydrogen-bond acceptors (Lipinski definition) is 2. The Bertz CT molecular complexity index is 629. The molecule has 0 aliphatic carbocycles. The molecule has 0 spiro atoms. The zero-order chi connectivity index (χ0) is 17.7. The number of amides is 2. The molecule has 0 saturated carbocycles. The SMILES string of the molecule is C=CCN(CC(F)(F)F)C(=O)c1cccc(CN2CCCC2=O)c1. The van der Waals surface area contributed by atoms with Crippen molar-refractivity contribution in [2.24, 2.45) is 0 Å². The molecule has 1 fully saturated rings. The predicted molar refractivity (Wildman–Crippen MR) is 83.2 cm³/mol.